The molecule has 1 N–H and O–H groups in total. The Morgan fingerprint density at radius 1 is 1.33 bits per heavy atom. The van der Waals surface area contributed by atoms with E-state index in [2.05, 4.69) is 25.4 Å². The SMILES string of the molecule is Cn1cc(C(=O)NC2CCCN(c3nccn4nccc34)C2)cn1. The van der Waals surface area contributed by atoms with Crippen LogP contribution in [0.5, 0.6) is 0 Å². The molecule has 1 atom stereocenters. The predicted octanol–water partition coefficient (Wildman–Crippen LogP) is 0.862. The van der Waals surface area contributed by atoms with Crippen LogP contribution in [0.4, 0.5) is 5.82 Å². The normalized spacial score (nSPS) is 18.0. The van der Waals surface area contributed by atoms with Gasteiger partial charge < -0.3 is 10.2 Å². The maximum absolute atomic E-state index is 12.3. The Labute approximate surface area is 139 Å². The van der Waals surface area contributed by atoms with Crippen LogP contribution in [0.15, 0.2) is 37.1 Å². The van der Waals surface area contributed by atoms with Gasteiger partial charge in [-0.25, -0.2) is 9.50 Å². The highest BCUT2D eigenvalue weighted by molar-refractivity contribution is 5.93. The minimum Gasteiger partial charge on any atom is -0.353 e. The Morgan fingerprint density at radius 3 is 3.08 bits per heavy atom. The molecule has 0 radical (unpaired) electrons. The number of hydrogen-bond acceptors (Lipinski definition) is 5. The second-order valence-electron chi connectivity index (χ2n) is 6.07. The van der Waals surface area contributed by atoms with Crippen molar-refractivity contribution in [2.45, 2.75) is 18.9 Å². The van der Waals surface area contributed by atoms with Crippen molar-refractivity contribution < 1.29 is 4.79 Å². The van der Waals surface area contributed by atoms with Crippen LogP contribution >= 0.6 is 0 Å². The monoisotopic (exact) mass is 325 g/mol. The summed E-state index contributed by atoms with van der Waals surface area (Å²) in [7, 11) is 1.80. The molecule has 8 nitrogen and oxygen atoms in total. The molecule has 0 bridgehead atoms. The number of hydrogen-bond donors (Lipinski definition) is 1. The van der Waals surface area contributed by atoms with Gasteiger partial charge in [0.2, 0.25) is 0 Å². The molecule has 3 aromatic heterocycles. The van der Waals surface area contributed by atoms with Gasteiger partial charge in [0.15, 0.2) is 5.82 Å². The number of nitrogens with zero attached hydrogens (tertiary/aromatic N) is 6. The number of piperidine rings is 1. The van der Waals surface area contributed by atoms with E-state index >= 15 is 0 Å². The number of aromatic nitrogens is 5. The van der Waals surface area contributed by atoms with Gasteiger partial charge in [-0.15, -0.1) is 0 Å². The van der Waals surface area contributed by atoms with E-state index in [0.29, 0.717) is 5.56 Å². The highest BCUT2D eigenvalue weighted by Gasteiger charge is 2.24. The summed E-state index contributed by atoms with van der Waals surface area (Å²) in [4.78, 5) is 19.1. The minimum absolute atomic E-state index is 0.0783. The Balaban J connectivity index is 1.49. The van der Waals surface area contributed by atoms with Crippen LogP contribution in [0.2, 0.25) is 0 Å². The Hall–Kier alpha value is -2.90. The van der Waals surface area contributed by atoms with E-state index in [9.17, 15) is 4.79 Å². The number of amides is 1. The van der Waals surface area contributed by atoms with E-state index in [-0.39, 0.29) is 11.9 Å². The van der Waals surface area contributed by atoms with Crippen LogP contribution in [0.1, 0.15) is 23.2 Å². The lowest BCUT2D eigenvalue weighted by Gasteiger charge is -2.34. The van der Waals surface area contributed by atoms with Gasteiger partial charge in [-0.2, -0.15) is 10.2 Å². The summed E-state index contributed by atoms with van der Waals surface area (Å²) in [5.41, 5.74) is 1.57. The second-order valence-corrected chi connectivity index (χ2v) is 6.07. The fraction of sp³-hybridized carbons (Fsp3) is 0.375. The first-order valence-corrected chi connectivity index (χ1v) is 8.03. The van der Waals surface area contributed by atoms with Crippen LogP contribution in [-0.4, -0.2) is 49.4 Å². The van der Waals surface area contributed by atoms with Crippen molar-refractivity contribution in [3.63, 3.8) is 0 Å². The van der Waals surface area contributed by atoms with E-state index in [0.717, 1.165) is 37.3 Å². The molecule has 8 heteroatoms. The molecule has 1 aliphatic rings. The molecule has 0 spiro atoms. The van der Waals surface area contributed by atoms with E-state index < -0.39 is 0 Å². The summed E-state index contributed by atoms with van der Waals surface area (Å²) in [6, 6.07) is 2.05. The van der Waals surface area contributed by atoms with E-state index in [1.807, 2.05) is 16.8 Å². The smallest absolute Gasteiger partial charge is 0.254 e. The van der Waals surface area contributed by atoms with Crippen molar-refractivity contribution in [2.24, 2.45) is 7.05 Å². The molecule has 124 valence electrons. The maximum atomic E-state index is 12.3. The summed E-state index contributed by atoms with van der Waals surface area (Å²) in [6.45, 7) is 1.67. The Kier molecular flexibility index (Phi) is 3.64. The molecular formula is C16H19N7O. The van der Waals surface area contributed by atoms with Crippen LogP contribution in [0.3, 0.4) is 0 Å². The summed E-state index contributed by atoms with van der Waals surface area (Å²) in [5, 5.41) is 11.4. The van der Waals surface area contributed by atoms with Crippen molar-refractivity contribution in [3.05, 3.63) is 42.6 Å². The lowest BCUT2D eigenvalue weighted by molar-refractivity contribution is 0.0933. The molecule has 1 unspecified atom stereocenters. The first-order chi connectivity index (χ1) is 11.7. The molecule has 24 heavy (non-hydrogen) atoms. The van der Waals surface area contributed by atoms with Crippen molar-refractivity contribution >= 4 is 17.2 Å². The second kappa shape index (κ2) is 5.95. The van der Waals surface area contributed by atoms with E-state index in [4.69, 9.17) is 0 Å². The van der Waals surface area contributed by atoms with Gasteiger partial charge in [-0.3, -0.25) is 9.48 Å². The highest BCUT2D eigenvalue weighted by Crippen LogP contribution is 2.22. The lowest BCUT2D eigenvalue weighted by Crippen LogP contribution is -2.48. The molecule has 1 amide bonds. The molecule has 0 saturated carbocycles. The third kappa shape index (κ3) is 2.70. The maximum Gasteiger partial charge on any atom is 0.254 e. The van der Waals surface area contributed by atoms with Crippen LogP contribution in [-0.2, 0) is 7.05 Å². The number of rotatable bonds is 3. The van der Waals surface area contributed by atoms with Gasteiger partial charge in [0.25, 0.3) is 5.91 Å². The van der Waals surface area contributed by atoms with Gasteiger partial charge in [-0.1, -0.05) is 0 Å². The predicted molar refractivity (Wildman–Crippen MR) is 88.9 cm³/mol. The first-order valence-electron chi connectivity index (χ1n) is 8.03. The van der Waals surface area contributed by atoms with Gasteiger partial charge in [0.1, 0.15) is 5.52 Å². The summed E-state index contributed by atoms with van der Waals surface area (Å²) < 4.78 is 3.45. The number of nitrogens with one attached hydrogen (secondary N) is 1. The molecule has 0 aromatic carbocycles. The number of aryl methyl sites for hydroxylation is 1. The molecule has 0 aliphatic carbocycles. The van der Waals surface area contributed by atoms with Gasteiger partial charge in [-0.05, 0) is 18.9 Å². The van der Waals surface area contributed by atoms with Crippen molar-refractivity contribution in [3.8, 4) is 0 Å². The van der Waals surface area contributed by atoms with Gasteiger partial charge >= 0.3 is 0 Å². The molecule has 4 heterocycles. The summed E-state index contributed by atoms with van der Waals surface area (Å²) >= 11 is 0. The van der Waals surface area contributed by atoms with Gasteiger partial charge in [0, 0.05) is 44.8 Å². The average molecular weight is 325 g/mol. The molecule has 1 aliphatic heterocycles. The lowest BCUT2D eigenvalue weighted by atomic mass is 10.1. The topological polar surface area (TPSA) is 80.4 Å². The molecule has 4 rings (SSSR count). The standard InChI is InChI=1S/C16H19N7O/c1-21-10-12(9-19-21)16(24)20-13-3-2-7-22(11-13)15-14-4-5-18-23(14)8-6-17-15/h4-6,8-10,13H,2-3,7,11H2,1H3,(H,20,24). The minimum atomic E-state index is -0.0783. The zero-order valence-electron chi connectivity index (χ0n) is 13.5. The van der Waals surface area contributed by atoms with Crippen LogP contribution in [0, 0.1) is 0 Å². The number of anilines is 1. The van der Waals surface area contributed by atoms with E-state index in [1.54, 1.807) is 36.5 Å². The summed E-state index contributed by atoms with van der Waals surface area (Å²) in [5.74, 6) is 0.834. The number of fused-ring (bicyclic) bond motifs is 1. The van der Waals surface area contributed by atoms with Crippen LogP contribution < -0.4 is 10.2 Å². The van der Waals surface area contributed by atoms with Crippen molar-refractivity contribution in [2.75, 3.05) is 18.0 Å². The van der Waals surface area contributed by atoms with Crippen molar-refractivity contribution in [1.82, 2.24) is 29.7 Å². The summed E-state index contributed by atoms with van der Waals surface area (Å²) in [6.07, 6.45) is 10.7. The fourth-order valence-corrected chi connectivity index (χ4v) is 3.18. The molecular weight excluding hydrogens is 306 g/mol. The van der Waals surface area contributed by atoms with Gasteiger partial charge in [0.05, 0.1) is 18.0 Å². The quantitative estimate of drug-likeness (QED) is 0.772. The zero-order chi connectivity index (χ0) is 16.5. The van der Waals surface area contributed by atoms with Crippen LogP contribution in [0.25, 0.3) is 5.52 Å². The number of carbonyl (C=O) groups is 1. The average Bonchev–Trinajstić information content (AvgIpc) is 3.23. The van der Waals surface area contributed by atoms with Crippen molar-refractivity contribution in [1.29, 1.82) is 0 Å². The third-order valence-electron chi connectivity index (χ3n) is 4.33. The fourth-order valence-electron chi connectivity index (χ4n) is 3.18. The third-order valence-corrected chi connectivity index (χ3v) is 4.33. The number of carbonyl (C=O) groups excluding carboxylic acids is 1. The van der Waals surface area contributed by atoms with E-state index in [1.165, 1.54) is 0 Å². The largest absolute Gasteiger partial charge is 0.353 e. The zero-order valence-corrected chi connectivity index (χ0v) is 13.5. The Morgan fingerprint density at radius 2 is 2.25 bits per heavy atom. The molecule has 1 fully saturated rings. The Bertz CT molecular complexity index is 868. The molecule has 3 aromatic rings. The highest BCUT2D eigenvalue weighted by atomic mass is 16.1. The first kappa shape index (κ1) is 14.7. The molecule has 1 saturated heterocycles.